The smallest absolute Gasteiger partial charge is 0.254 e. The molecule has 2 saturated heterocycles. The van der Waals surface area contributed by atoms with Crippen LogP contribution in [-0.2, 0) is 0 Å². The number of β-amino-alcohol motifs (C(OH)–C–C–N with tert-alkyl or cyclic N) is 1. The molecule has 0 aromatic carbocycles. The highest BCUT2D eigenvalue weighted by atomic mass is 16.3. The van der Waals surface area contributed by atoms with E-state index < -0.39 is 6.10 Å². The molecule has 19 heavy (non-hydrogen) atoms. The first kappa shape index (κ1) is 12.6. The number of aromatic nitrogens is 1. The predicted octanol–water partition coefficient (Wildman–Crippen LogP) is 0.363. The van der Waals surface area contributed by atoms with Crippen LogP contribution < -0.4 is 0 Å². The summed E-state index contributed by atoms with van der Waals surface area (Å²) < 4.78 is 0. The maximum Gasteiger partial charge on any atom is 0.254 e. The highest BCUT2D eigenvalue weighted by Gasteiger charge is 2.38. The van der Waals surface area contributed by atoms with Crippen molar-refractivity contribution >= 4 is 5.91 Å². The summed E-state index contributed by atoms with van der Waals surface area (Å²) in [5.41, 5.74) is 0.643. The standard InChI is InChI=1S/C14H19N3O2/c18-13-10-17(9-12(13)16-7-1-2-8-16)14(19)11-3-5-15-6-4-11/h3-6,12-13,18H,1-2,7-10H2/t12-,13-/m1/s1. The van der Waals surface area contributed by atoms with E-state index in [1.54, 1.807) is 29.4 Å². The molecule has 5 heteroatoms. The van der Waals surface area contributed by atoms with E-state index in [1.165, 1.54) is 12.8 Å². The quantitative estimate of drug-likeness (QED) is 0.835. The second kappa shape index (κ2) is 5.27. The first-order chi connectivity index (χ1) is 9.25. The maximum absolute atomic E-state index is 12.3. The lowest BCUT2D eigenvalue weighted by Crippen LogP contribution is -2.41. The number of nitrogens with zero attached hydrogens (tertiary/aromatic N) is 3. The average molecular weight is 261 g/mol. The second-order valence-corrected chi connectivity index (χ2v) is 5.32. The van der Waals surface area contributed by atoms with Crippen molar-refractivity contribution < 1.29 is 9.90 Å². The third-order valence-electron chi connectivity index (χ3n) is 4.08. The van der Waals surface area contributed by atoms with E-state index in [4.69, 9.17) is 0 Å². The van der Waals surface area contributed by atoms with Crippen LogP contribution in [0.1, 0.15) is 23.2 Å². The Kier molecular flexibility index (Phi) is 3.48. The van der Waals surface area contributed by atoms with E-state index in [1.807, 2.05) is 0 Å². The van der Waals surface area contributed by atoms with Gasteiger partial charge in [-0.2, -0.15) is 0 Å². The van der Waals surface area contributed by atoms with E-state index in [9.17, 15) is 9.90 Å². The van der Waals surface area contributed by atoms with Crippen molar-refractivity contribution in [3.05, 3.63) is 30.1 Å². The molecule has 0 bridgehead atoms. The summed E-state index contributed by atoms with van der Waals surface area (Å²) in [4.78, 5) is 20.3. The van der Waals surface area contributed by atoms with Crippen molar-refractivity contribution in [3.63, 3.8) is 0 Å². The zero-order valence-corrected chi connectivity index (χ0v) is 10.9. The zero-order valence-electron chi connectivity index (χ0n) is 10.9. The molecule has 3 rings (SSSR count). The Hall–Kier alpha value is -1.46. The Morgan fingerprint density at radius 2 is 1.89 bits per heavy atom. The minimum atomic E-state index is -0.427. The lowest BCUT2D eigenvalue weighted by atomic mass is 10.2. The van der Waals surface area contributed by atoms with E-state index in [0.29, 0.717) is 18.7 Å². The van der Waals surface area contributed by atoms with Crippen LogP contribution in [0.15, 0.2) is 24.5 Å². The van der Waals surface area contributed by atoms with Crippen LogP contribution >= 0.6 is 0 Å². The van der Waals surface area contributed by atoms with E-state index in [-0.39, 0.29) is 11.9 Å². The first-order valence-corrected chi connectivity index (χ1v) is 6.87. The molecule has 0 radical (unpaired) electrons. The number of carbonyl (C=O) groups excluding carboxylic acids is 1. The SMILES string of the molecule is O=C(c1ccncc1)N1C[C@@H](O)[C@H](N2CCCC2)C1. The van der Waals surface area contributed by atoms with Crippen LogP contribution in [0.5, 0.6) is 0 Å². The first-order valence-electron chi connectivity index (χ1n) is 6.87. The number of amides is 1. The lowest BCUT2D eigenvalue weighted by Gasteiger charge is -2.25. The Balaban J connectivity index is 1.69. The number of aliphatic hydroxyl groups excluding tert-OH is 1. The number of hydrogen-bond acceptors (Lipinski definition) is 4. The van der Waals surface area contributed by atoms with E-state index in [2.05, 4.69) is 9.88 Å². The molecule has 5 nitrogen and oxygen atoms in total. The summed E-state index contributed by atoms with van der Waals surface area (Å²) >= 11 is 0. The molecule has 2 atom stereocenters. The van der Waals surface area contributed by atoms with Gasteiger partial charge in [-0.3, -0.25) is 14.7 Å². The number of aliphatic hydroxyl groups is 1. The van der Waals surface area contributed by atoms with Crippen molar-refractivity contribution in [1.82, 2.24) is 14.8 Å². The molecule has 2 aliphatic heterocycles. The van der Waals surface area contributed by atoms with Crippen LogP contribution in [0, 0.1) is 0 Å². The number of hydrogen-bond donors (Lipinski definition) is 1. The molecule has 102 valence electrons. The minimum Gasteiger partial charge on any atom is -0.390 e. The molecule has 0 unspecified atom stereocenters. The van der Waals surface area contributed by atoms with Crippen molar-refractivity contribution in [3.8, 4) is 0 Å². The molecule has 1 N–H and O–H groups in total. The zero-order chi connectivity index (χ0) is 13.2. The van der Waals surface area contributed by atoms with E-state index in [0.717, 1.165) is 13.1 Å². The van der Waals surface area contributed by atoms with Gasteiger partial charge < -0.3 is 10.0 Å². The number of rotatable bonds is 2. The predicted molar refractivity (Wildman–Crippen MR) is 70.7 cm³/mol. The molecule has 2 aliphatic rings. The summed E-state index contributed by atoms with van der Waals surface area (Å²) in [6.07, 6.45) is 5.21. The fraction of sp³-hybridized carbons (Fsp3) is 0.571. The second-order valence-electron chi connectivity index (χ2n) is 5.32. The van der Waals surface area contributed by atoms with Gasteiger partial charge in [-0.15, -0.1) is 0 Å². The molecule has 1 aromatic heterocycles. The normalized spacial score (nSPS) is 27.9. The summed E-state index contributed by atoms with van der Waals surface area (Å²) in [6.45, 7) is 3.14. The molecule has 1 amide bonds. The van der Waals surface area contributed by atoms with Gasteiger partial charge in [0.25, 0.3) is 5.91 Å². The Morgan fingerprint density at radius 3 is 2.58 bits per heavy atom. The third kappa shape index (κ3) is 2.48. The topological polar surface area (TPSA) is 56.7 Å². The van der Waals surface area contributed by atoms with Crippen LogP contribution in [0.2, 0.25) is 0 Å². The van der Waals surface area contributed by atoms with Crippen LogP contribution in [0.3, 0.4) is 0 Å². The van der Waals surface area contributed by atoms with Gasteiger partial charge >= 0.3 is 0 Å². The van der Waals surface area contributed by atoms with Gasteiger partial charge in [-0.25, -0.2) is 0 Å². The Morgan fingerprint density at radius 1 is 1.21 bits per heavy atom. The van der Waals surface area contributed by atoms with Crippen LogP contribution in [0.25, 0.3) is 0 Å². The number of likely N-dealkylation sites (tertiary alicyclic amines) is 2. The minimum absolute atomic E-state index is 0.0110. The van der Waals surface area contributed by atoms with Crippen LogP contribution in [0.4, 0.5) is 0 Å². The third-order valence-corrected chi connectivity index (χ3v) is 4.08. The van der Waals surface area contributed by atoms with Crippen molar-refractivity contribution in [1.29, 1.82) is 0 Å². The Bertz CT molecular complexity index is 445. The molecule has 3 heterocycles. The molecule has 0 aliphatic carbocycles. The number of pyridine rings is 1. The Labute approximate surface area is 112 Å². The summed E-state index contributed by atoms with van der Waals surface area (Å²) in [6, 6.07) is 3.55. The number of carbonyl (C=O) groups is 1. The van der Waals surface area contributed by atoms with Gasteiger partial charge in [0, 0.05) is 31.0 Å². The monoisotopic (exact) mass is 261 g/mol. The fourth-order valence-corrected chi connectivity index (χ4v) is 3.04. The largest absolute Gasteiger partial charge is 0.390 e. The van der Waals surface area contributed by atoms with Crippen molar-refractivity contribution in [2.24, 2.45) is 0 Å². The molecule has 1 aromatic rings. The van der Waals surface area contributed by atoms with Gasteiger partial charge in [0.2, 0.25) is 0 Å². The summed E-state index contributed by atoms with van der Waals surface area (Å²) in [5.74, 6) is -0.0110. The molecule has 0 spiro atoms. The van der Waals surface area contributed by atoms with Gasteiger partial charge in [0.1, 0.15) is 0 Å². The lowest BCUT2D eigenvalue weighted by molar-refractivity contribution is 0.0763. The summed E-state index contributed by atoms with van der Waals surface area (Å²) in [7, 11) is 0. The van der Waals surface area contributed by atoms with Gasteiger partial charge in [0.05, 0.1) is 12.1 Å². The highest BCUT2D eigenvalue weighted by Crippen LogP contribution is 2.22. The molecular weight excluding hydrogens is 242 g/mol. The van der Waals surface area contributed by atoms with Gasteiger partial charge in [-0.05, 0) is 38.1 Å². The van der Waals surface area contributed by atoms with E-state index >= 15 is 0 Å². The van der Waals surface area contributed by atoms with Crippen molar-refractivity contribution in [2.75, 3.05) is 26.2 Å². The molecule has 2 fully saturated rings. The summed E-state index contributed by atoms with van der Waals surface area (Å²) in [5, 5.41) is 10.2. The van der Waals surface area contributed by atoms with Gasteiger partial charge in [-0.1, -0.05) is 0 Å². The van der Waals surface area contributed by atoms with Crippen molar-refractivity contribution in [2.45, 2.75) is 25.0 Å². The molecule has 0 saturated carbocycles. The van der Waals surface area contributed by atoms with Gasteiger partial charge in [0.15, 0.2) is 0 Å². The van der Waals surface area contributed by atoms with Crippen LogP contribution in [-0.4, -0.2) is 64.1 Å². The maximum atomic E-state index is 12.3. The average Bonchev–Trinajstić information content (AvgIpc) is 3.08. The highest BCUT2D eigenvalue weighted by molar-refractivity contribution is 5.94. The fourth-order valence-electron chi connectivity index (χ4n) is 3.04. The molecular formula is C14H19N3O2.